The van der Waals surface area contributed by atoms with Crippen molar-refractivity contribution in [2.75, 3.05) is 0 Å². The maximum atomic E-state index is 10.6. The summed E-state index contributed by atoms with van der Waals surface area (Å²) in [6, 6.07) is 11.6. The fourth-order valence-corrected chi connectivity index (χ4v) is 1.59. The molecule has 1 aromatic heterocycles. The largest absolute Gasteiger partial charge is 0.481 e. The predicted octanol–water partition coefficient (Wildman–Crippen LogP) is 2.31. The molecule has 1 aromatic carbocycles. The van der Waals surface area contributed by atoms with Gasteiger partial charge in [-0.25, -0.2) is 0 Å². The highest BCUT2D eigenvalue weighted by Crippen LogP contribution is 2.22. The molecular formula is C12H11NO2. The van der Waals surface area contributed by atoms with Crippen molar-refractivity contribution < 1.29 is 9.90 Å². The van der Waals surface area contributed by atoms with Crippen LogP contribution in [0.1, 0.15) is 5.69 Å². The minimum Gasteiger partial charge on any atom is -0.481 e. The van der Waals surface area contributed by atoms with Crippen molar-refractivity contribution in [2.24, 2.45) is 0 Å². The molecule has 0 radical (unpaired) electrons. The topological polar surface area (TPSA) is 53.1 Å². The fraction of sp³-hybridized carbons (Fsp3) is 0.0833. The van der Waals surface area contributed by atoms with E-state index in [1.165, 1.54) is 0 Å². The van der Waals surface area contributed by atoms with E-state index in [0.717, 1.165) is 16.8 Å². The zero-order valence-corrected chi connectivity index (χ0v) is 8.10. The van der Waals surface area contributed by atoms with Crippen LogP contribution < -0.4 is 0 Å². The first kappa shape index (κ1) is 9.52. The van der Waals surface area contributed by atoms with Crippen LogP contribution in [0.3, 0.4) is 0 Å². The lowest BCUT2D eigenvalue weighted by atomic mass is 10.1. The molecule has 0 atom stereocenters. The lowest BCUT2D eigenvalue weighted by Gasteiger charge is -2.01. The average molecular weight is 201 g/mol. The molecule has 0 fully saturated rings. The zero-order chi connectivity index (χ0) is 10.7. The molecular weight excluding hydrogens is 190 g/mol. The summed E-state index contributed by atoms with van der Waals surface area (Å²) in [6.07, 6.45) is 1.79. The molecule has 0 spiro atoms. The Balaban J connectivity index is 2.37. The molecule has 0 saturated carbocycles. The van der Waals surface area contributed by atoms with Gasteiger partial charge < -0.3 is 10.1 Å². The minimum atomic E-state index is -0.824. The second-order valence-electron chi connectivity index (χ2n) is 3.31. The number of rotatable bonds is 3. The number of nitrogens with one attached hydrogen (secondary N) is 1. The number of hydrogen-bond acceptors (Lipinski definition) is 1. The zero-order valence-electron chi connectivity index (χ0n) is 8.10. The normalized spacial score (nSPS) is 10.1. The smallest absolute Gasteiger partial charge is 0.309 e. The Morgan fingerprint density at radius 1 is 1.20 bits per heavy atom. The van der Waals surface area contributed by atoms with Crippen molar-refractivity contribution in [2.45, 2.75) is 6.42 Å². The summed E-state index contributed by atoms with van der Waals surface area (Å²) < 4.78 is 0. The van der Waals surface area contributed by atoms with Gasteiger partial charge in [-0.3, -0.25) is 4.79 Å². The molecule has 0 amide bonds. The van der Waals surface area contributed by atoms with Gasteiger partial charge in [-0.15, -0.1) is 0 Å². The van der Waals surface area contributed by atoms with Crippen molar-refractivity contribution in [3.05, 3.63) is 48.3 Å². The molecule has 0 unspecified atom stereocenters. The molecule has 76 valence electrons. The van der Waals surface area contributed by atoms with E-state index in [0.29, 0.717) is 0 Å². The molecule has 2 rings (SSSR count). The lowest BCUT2D eigenvalue weighted by Crippen LogP contribution is -2.01. The maximum Gasteiger partial charge on any atom is 0.309 e. The van der Waals surface area contributed by atoms with Crippen molar-refractivity contribution in [3.8, 4) is 11.1 Å². The highest BCUT2D eigenvalue weighted by molar-refractivity contribution is 5.75. The van der Waals surface area contributed by atoms with Crippen LogP contribution in [0, 0.1) is 0 Å². The molecule has 2 aromatic rings. The van der Waals surface area contributed by atoms with E-state index in [-0.39, 0.29) is 6.42 Å². The lowest BCUT2D eigenvalue weighted by molar-refractivity contribution is -0.136. The molecule has 3 heteroatoms. The molecule has 0 aliphatic rings. The number of carboxylic acids is 1. The van der Waals surface area contributed by atoms with E-state index in [2.05, 4.69) is 4.98 Å². The summed E-state index contributed by atoms with van der Waals surface area (Å²) in [5.74, 6) is -0.824. The minimum absolute atomic E-state index is 0.0250. The fourth-order valence-electron chi connectivity index (χ4n) is 1.59. The van der Waals surface area contributed by atoms with Gasteiger partial charge in [-0.1, -0.05) is 30.3 Å². The monoisotopic (exact) mass is 201 g/mol. The Bertz CT molecular complexity index is 459. The van der Waals surface area contributed by atoms with Crippen molar-refractivity contribution in [1.82, 2.24) is 4.98 Å². The number of aromatic nitrogens is 1. The molecule has 1 heterocycles. The molecule has 15 heavy (non-hydrogen) atoms. The molecule has 0 aliphatic carbocycles. The summed E-state index contributed by atoms with van der Waals surface area (Å²) in [5, 5.41) is 8.74. The third-order valence-electron chi connectivity index (χ3n) is 2.25. The van der Waals surface area contributed by atoms with Crippen LogP contribution in [0.5, 0.6) is 0 Å². The quantitative estimate of drug-likeness (QED) is 0.800. The second-order valence-corrected chi connectivity index (χ2v) is 3.31. The van der Waals surface area contributed by atoms with Crippen molar-refractivity contribution in [1.29, 1.82) is 0 Å². The van der Waals surface area contributed by atoms with Gasteiger partial charge >= 0.3 is 5.97 Å². The highest BCUT2D eigenvalue weighted by Gasteiger charge is 2.08. The third-order valence-corrected chi connectivity index (χ3v) is 2.25. The number of H-pyrrole nitrogens is 1. The first-order valence-electron chi connectivity index (χ1n) is 4.71. The van der Waals surface area contributed by atoms with Gasteiger partial charge in [0.1, 0.15) is 0 Å². The number of aromatic amines is 1. The van der Waals surface area contributed by atoms with Crippen LogP contribution >= 0.6 is 0 Å². The summed E-state index contributed by atoms with van der Waals surface area (Å²) in [7, 11) is 0. The highest BCUT2D eigenvalue weighted by atomic mass is 16.4. The van der Waals surface area contributed by atoms with Crippen molar-refractivity contribution >= 4 is 5.97 Å². The van der Waals surface area contributed by atoms with E-state index in [1.54, 1.807) is 6.20 Å². The van der Waals surface area contributed by atoms with E-state index in [9.17, 15) is 4.79 Å². The summed E-state index contributed by atoms with van der Waals surface area (Å²) >= 11 is 0. The Labute approximate surface area is 87.4 Å². The second kappa shape index (κ2) is 4.00. The molecule has 0 bridgehead atoms. The SMILES string of the molecule is O=C(O)Cc1[nH]ccc1-c1ccccc1. The van der Waals surface area contributed by atoms with Crippen LogP contribution in [-0.4, -0.2) is 16.1 Å². The summed E-state index contributed by atoms with van der Waals surface area (Å²) in [4.78, 5) is 13.6. The number of aliphatic carboxylic acids is 1. The van der Waals surface area contributed by atoms with Gasteiger partial charge in [-0.05, 0) is 11.6 Å². The van der Waals surface area contributed by atoms with Gasteiger partial charge in [-0.2, -0.15) is 0 Å². The number of hydrogen-bond donors (Lipinski definition) is 2. The molecule has 0 aliphatic heterocycles. The Morgan fingerprint density at radius 2 is 1.93 bits per heavy atom. The van der Waals surface area contributed by atoms with Gasteiger partial charge in [0, 0.05) is 17.5 Å². The number of carbonyl (C=O) groups is 1. The van der Waals surface area contributed by atoms with E-state index in [1.807, 2.05) is 36.4 Å². The molecule has 0 saturated heterocycles. The van der Waals surface area contributed by atoms with Crippen LogP contribution in [0.4, 0.5) is 0 Å². The Morgan fingerprint density at radius 3 is 2.60 bits per heavy atom. The van der Waals surface area contributed by atoms with E-state index in [4.69, 9.17) is 5.11 Å². The average Bonchev–Trinajstić information content (AvgIpc) is 2.66. The third kappa shape index (κ3) is 2.07. The van der Waals surface area contributed by atoms with Crippen LogP contribution in [0.2, 0.25) is 0 Å². The van der Waals surface area contributed by atoms with E-state index < -0.39 is 5.97 Å². The summed E-state index contributed by atoms with van der Waals surface area (Å²) in [6.45, 7) is 0. The molecule has 2 N–H and O–H groups in total. The van der Waals surface area contributed by atoms with Gasteiger partial charge in [0.25, 0.3) is 0 Å². The van der Waals surface area contributed by atoms with Gasteiger partial charge in [0.05, 0.1) is 6.42 Å². The van der Waals surface area contributed by atoms with E-state index >= 15 is 0 Å². The van der Waals surface area contributed by atoms with Gasteiger partial charge in [0.15, 0.2) is 0 Å². The van der Waals surface area contributed by atoms with Crippen LogP contribution in [-0.2, 0) is 11.2 Å². The Hall–Kier alpha value is -2.03. The van der Waals surface area contributed by atoms with Crippen LogP contribution in [0.15, 0.2) is 42.6 Å². The first-order chi connectivity index (χ1) is 7.27. The van der Waals surface area contributed by atoms with Gasteiger partial charge in [0.2, 0.25) is 0 Å². The number of benzene rings is 1. The maximum absolute atomic E-state index is 10.6. The van der Waals surface area contributed by atoms with Crippen molar-refractivity contribution in [3.63, 3.8) is 0 Å². The predicted molar refractivity (Wildman–Crippen MR) is 57.6 cm³/mol. The van der Waals surface area contributed by atoms with Crippen LogP contribution in [0.25, 0.3) is 11.1 Å². The summed E-state index contributed by atoms with van der Waals surface area (Å²) in [5.41, 5.74) is 2.74. The standard InChI is InChI=1S/C12H11NO2/c14-12(15)8-11-10(6-7-13-11)9-4-2-1-3-5-9/h1-7,13H,8H2,(H,14,15). The Kier molecular flexibility index (Phi) is 2.54. The number of carboxylic acid groups (broad SMARTS) is 1. The molecule has 3 nitrogen and oxygen atoms in total. The first-order valence-corrected chi connectivity index (χ1v) is 4.71.